The predicted octanol–water partition coefficient (Wildman–Crippen LogP) is 0.240. The molecule has 18 heavy (non-hydrogen) atoms. The first-order chi connectivity index (χ1) is 8.62. The van der Waals surface area contributed by atoms with Crippen molar-refractivity contribution in [1.29, 1.82) is 0 Å². The molecule has 1 rings (SSSR count). The molecule has 0 aliphatic heterocycles. The lowest BCUT2D eigenvalue weighted by Gasteiger charge is -2.23. The van der Waals surface area contributed by atoms with Crippen LogP contribution in [0.2, 0.25) is 0 Å². The van der Waals surface area contributed by atoms with E-state index in [9.17, 15) is 4.79 Å². The Morgan fingerprint density at radius 2 is 2.06 bits per heavy atom. The summed E-state index contributed by atoms with van der Waals surface area (Å²) < 4.78 is 0. The molecule has 0 fully saturated rings. The third-order valence-electron chi connectivity index (χ3n) is 2.74. The van der Waals surface area contributed by atoms with Crippen LogP contribution in [0.4, 0.5) is 5.95 Å². The van der Waals surface area contributed by atoms with Gasteiger partial charge in [0.1, 0.15) is 0 Å². The quantitative estimate of drug-likeness (QED) is 0.784. The number of hydrogen-bond acceptors (Lipinski definition) is 5. The highest BCUT2D eigenvalue weighted by atomic mass is 16.2. The zero-order valence-corrected chi connectivity index (χ0v) is 11.3. The first kappa shape index (κ1) is 14.4. The van der Waals surface area contributed by atoms with E-state index < -0.39 is 0 Å². The van der Waals surface area contributed by atoms with Gasteiger partial charge in [-0.15, -0.1) is 0 Å². The van der Waals surface area contributed by atoms with E-state index in [4.69, 9.17) is 5.73 Å². The van der Waals surface area contributed by atoms with Gasteiger partial charge in [0.25, 0.3) is 0 Å². The second kappa shape index (κ2) is 6.90. The van der Waals surface area contributed by atoms with Crippen molar-refractivity contribution in [2.24, 2.45) is 5.73 Å². The van der Waals surface area contributed by atoms with Gasteiger partial charge in [-0.25, -0.2) is 9.97 Å². The highest BCUT2D eigenvalue weighted by Crippen LogP contribution is 2.05. The van der Waals surface area contributed by atoms with E-state index in [1.807, 2.05) is 13.8 Å². The Kier molecular flexibility index (Phi) is 5.51. The van der Waals surface area contributed by atoms with Gasteiger partial charge in [0, 0.05) is 32.9 Å². The van der Waals surface area contributed by atoms with Crippen LogP contribution in [0.15, 0.2) is 12.3 Å². The van der Waals surface area contributed by atoms with Crippen molar-refractivity contribution in [2.75, 3.05) is 31.6 Å². The molecule has 1 heterocycles. The zero-order valence-electron chi connectivity index (χ0n) is 11.3. The molecule has 1 aromatic rings. The lowest BCUT2D eigenvalue weighted by Crippen LogP contribution is -2.39. The number of amides is 1. The Bertz CT molecular complexity index is 392. The molecule has 0 aliphatic carbocycles. The molecular formula is C12H21N5O. The van der Waals surface area contributed by atoms with Gasteiger partial charge in [-0.2, -0.15) is 0 Å². The van der Waals surface area contributed by atoms with E-state index >= 15 is 0 Å². The number of carbonyl (C=O) groups excluding carboxylic acids is 1. The second-order valence-electron chi connectivity index (χ2n) is 3.97. The van der Waals surface area contributed by atoms with Crippen LogP contribution in [0.5, 0.6) is 0 Å². The van der Waals surface area contributed by atoms with Crippen LogP contribution in [-0.4, -0.2) is 47.5 Å². The molecule has 0 saturated heterocycles. The average molecular weight is 251 g/mol. The molecule has 0 spiro atoms. The largest absolute Gasteiger partial charge is 0.342 e. The summed E-state index contributed by atoms with van der Waals surface area (Å²) in [7, 11) is 1.80. The molecule has 0 atom stereocenters. The Morgan fingerprint density at radius 1 is 1.39 bits per heavy atom. The van der Waals surface area contributed by atoms with Crippen molar-refractivity contribution in [1.82, 2.24) is 14.9 Å². The average Bonchev–Trinajstić information content (AvgIpc) is 2.40. The van der Waals surface area contributed by atoms with Gasteiger partial charge in [-0.05, 0) is 19.9 Å². The first-order valence-corrected chi connectivity index (χ1v) is 6.13. The topological polar surface area (TPSA) is 75.4 Å². The summed E-state index contributed by atoms with van der Waals surface area (Å²) in [4.78, 5) is 23.9. The molecule has 6 nitrogen and oxygen atoms in total. The standard InChI is InChI=1S/C12H21N5O/c1-4-17(5-2)11(18)9-16(3)12-14-7-6-10(8-13)15-12/h6-7H,4-5,8-9,13H2,1-3H3. The van der Waals surface area contributed by atoms with Gasteiger partial charge in [0.05, 0.1) is 12.2 Å². The van der Waals surface area contributed by atoms with E-state index in [0.29, 0.717) is 25.6 Å². The van der Waals surface area contributed by atoms with Crippen molar-refractivity contribution >= 4 is 11.9 Å². The summed E-state index contributed by atoms with van der Waals surface area (Å²) in [5, 5.41) is 0. The maximum atomic E-state index is 11.9. The molecule has 0 radical (unpaired) electrons. The molecule has 0 bridgehead atoms. The normalized spacial score (nSPS) is 10.2. The molecule has 0 aromatic carbocycles. The number of hydrogen-bond donors (Lipinski definition) is 1. The maximum absolute atomic E-state index is 11.9. The molecule has 6 heteroatoms. The smallest absolute Gasteiger partial charge is 0.242 e. The summed E-state index contributed by atoms with van der Waals surface area (Å²) in [6.45, 7) is 6.00. The summed E-state index contributed by atoms with van der Waals surface area (Å²) in [6, 6.07) is 1.77. The molecule has 1 amide bonds. The molecule has 100 valence electrons. The third kappa shape index (κ3) is 3.66. The molecule has 2 N–H and O–H groups in total. The first-order valence-electron chi connectivity index (χ1n) is 6.13. The van der Waals surface area contributed by atoms with Gasteiger partial charge >= 0.3 is 0 Å². The Morgan fingerprint density at radius 3 is 2.61 bits per heavy atom. The molecule has 0 saturated carbocycles. The maximum Gasteiger partial charge on any atom is 0.242 e. The van der Waals surface area contributed by atoms with E-state index in [1.165, 1.54) is 0 Å². The van der Waals surface area contributed by atoms with Crippen LogP contribution < -0.4 is 10.6 Å². The fourth-order valence-corrected chi connectivity index (χ4v) is 1.63. The molecule has 1 aromatic heterocycles. The van der Waals surface area contributed by atoms with E-state index in [2.05, 4.69) is 9.97 Å². The highest BCUT2D eigenvalue weighted by molar-refractivity contribution is 5.80. The minimum atomic E-state index is 0.0734. The lowest BCUT2D eigenvalue weighted by molar-refractivity contribution is -0.129. The van der Waals surface area contributed by atoms with Gasteiger partial charge in [-0.1, -0.05) is 0 Å². The summed E-state index contributed by atoms with van der Waals surface area (Å²) >= 11 is 0. The van der Waals surface area contributed by atoms with Crippen LogP contribution in [0.3, 0.4) is 0 Å². The monoisotopic (exact) mass is 251 g/mol. The number of anilines is 1. The van der Waals surface area contributed by atoms with Crippen LogP contribution in [0.1, 0.15) is 19.5 Å². The van der Waals surface area contributed by atoms with Gasteiger partial charge in [-0.3, -0.25) is 4.79 Å². The number of carbonyl (C=O) groups is 1. The predicted molar refractivity (Wildman–Crippen MR) is 71.1 cm³/mol. The van der Waals surface area contributed by atoms with Crippen LogP contribution in [0.25, 0.3) is 0 Å². The second-order valence-corrected chi connectivity index (χ2v) is 3.97. The van der Waals surface area contributed by atoms with E-state index in [0.717, 1.165) is 5.69 Å². The summed E-state index contributed by atoms with van der Waals surface area (Å²) in [5.41, 5.74) is 6.29. The van der Waals surface area contributed by atoms with Crippen molar-refractivity contribution in [2.45, 2.75) is 20.4 Å². The number of likely N-dealkylation sites (N-methyl/N-ethyl adjacent to an activating group) is 2. The fourth-order valence-electron chi connectivity index (χ4n) is 1.63. The summed E-state index contributed by atoms with van der Waals surface area (Å²) in [6.07, 6.45) is 1.66. The highest BCUT2D eigenvalue weighted by Gasteiger charge is 2.14. The number of aromatic nitrogens is 2. The fraction of sp³-hybridized carbons (Fsp3) is 0.583. The number of nitrogens with two attached hydrogens (primary N) is 1. The Hall–Kier alpha value is -1.69. The molecule has 0 aliphatic rings. The van der Waals surface area contributed by atoms with Gasteiger partial charge < -0.3 is 15.5 Å². The van der Waals surface area contributed by atoms with Gasteiger partial charge in [0.2, 0.25) is 11.9 Å². The SMILES string of the molecule is CCN(CC)C(=O)CN(C)c1nccc(CN)n1. The van der Waals surface area contributed by atoms with Crippen LogP contribution in [0, 0.1) is 0 Å². The minimum absolute atomic E-state index is 0.0734. The Labute approximate surface area is 108 Å². The zero-order chi connectivity index (χ0) is 13.5. The van der Waals surface area contributed by atoms with E-state index in [-0.39, 0.29) is 12.5 Å². The lowest BCUT2D eigenvalue weighted by atomic mass is 10.4. The number of nitrogens with zero attached hydrogens (tertiary/aromatic N) is 4. The summed E-state index contributed by atoms with van der Waals surface area (Å²) in [5.74, 6) is 0.600. The third-order valence-corrected chi connectivity index (χ3v) is 2.74. The van der Waals surface area contributed by atoms with Crippen LogP contribution in [-0.2, 0) is 11.3 Å². The molecule has 0 unspecified atom stereocenters. The van der Waals surface area contributed by atoms with Crippen molar-refractivity contribution in [3.05, 3.63) is 18.0 Å². The van der Waals surface area contributed by atoms with E-state index in [1.54, 1.807) is 29.1 Å². The van der Waals surface area contributed by atoms with Crippen molar-refractivity contribution in [3.63, 3.8) is 0 Å². The minimum Gasteiger partial charge on any atom is -0.342 e. The molecular weight excluding hydrogens is 230 g/mol. The van der Waals surface area contributed by atoms with Crippen LogP contribution >= 0.6 is 0 Å². The van der Waals surface area contributed by atoms with Crippen molar-refractivity contribution < 1.29 is 4.79 Å². The van der Waals surface area contributed by atoms with Crippen molar-refractivity contribution in [3.8, 4) is 0 Å². The van der Waals surface area contributed by atoms with Gasteiger partial charge in [0.15, 0.2) is 0 Å². The number of rotatable bonds is 6. The Balaban J connectivity index is 2.69.